The first-order valence-corrected chi connectivity index (χ1v) is 6.93. The molecule has 0 spiro atoms. The molecule has 0 bridgehead atoms. The largest absolute Gasteiger partial charge is 0.478 e. The molecule has 0 aliphatic heterocycles. The lowest BCUT2D eigenvalue weighted by Crippen LogP contribution is -2.27. The normalized spacial score (nSPS) is 12.3. The predicted molar refractivity (Wildman–Crippen MR) is 76.9 cm³/mol. The van der Waals surface area contributed by atoms with Crippen LogP contribution in [0.4, 0.5) is 22.0 Å². The van der Waals surface area contributed by atoms with Gasteiger partial charge in [0.25, 0.3) is 0 Å². The zero-order valence-corrected chi connectivity index (χ0v) is 12.6. The lowest BCUT2D eigenvalue weighted by molar-refractivity contribution is -0.196. The number of fused-ring (bicyclic) bond motifs is 1. The summed E-state index contributed by atoms with van der Waals surface area (Å²) >= 11 is 0. The van der Waals surface area contributed by atoms with E-state index in [-0.39, 0.29) is 16.5 Å². The summed E-state index contributed by atoms with van der Waals surface area (Å²) in [5.74, 6) is -1.90. The highest BCUT2D eigenvalue weighted by Crippen LogP contribution is 2.40. The van der Waals surface area contributed by atoms with E-state index in [1.54, 1.807) is 0 Å². The Morgan fingerprint density at radius 1 is 1.15 bits per heavy atom. The van der Waals surface area contributed by atoms with Crippen molar-refractivity contribution < 1.29 is 41.0 Å². The fraction of sp³-hybridized carbons (Fsp3) is 0.125. The molecule has 1 aromatic carbocycles. The van der Waals surface area contributed by atoms with Crippen LogP contribution in [0.1, 0.15) is 21.6 Å². The Morgan fingerprint density at radius 2 is 1.88 bits per heavy atom. The minimum Gasteiger partial charge on any atom is -0.478 e. The first-order valence-electron chi connectivity index (χ1n) is 6.93. The highest BCUT2D eigenvalue weighted by Gasteiger charge is 2.46. The Balaban J connectivity index is 2.02. The molecule has 2 aromatic heterocycles. The zero-order valence-electron chi connectivity index (χ0n) is 12.6. The van der Waals surface area contributed by atoms with Crippen LogP contribution >= 0.6 is 0 Å². The number of hydrogen-bond acceptors (Lipinski definition) is 4. The van der Waals surface area contributed by atoms with Gasteiger partial charge in [-0.25, -0.2) is 4.79 Å². The Hall–Kier alpha value is -3.17. The first-order chi connectivity index (χ1) is 12.1. The number of benzene rings is 1. The number of pyridine rings is 1. The maximum atomic E-state index is 14.3. The van der Waals surface area contributed by atoms with Gasteiger partial charge in [0.1, 0.15) is 23.2 Å². The second kappa shape index (κ2) is 5.97. The molecule has 10 heteroatoms. The van der Waals surface area contributed by atoms with E-state index in [1.807, 2.05) is 0 Å². The topological polar surface area (TPSA) is 72.6 Å². The molecule has 1 N–H and O–H groups in total. The van der Waals surface area contributed by atoms with Crippen molar-refractivity contribution in [1.29, 1.82) is 0 Å². The van der Waals surface area contributed by atoms with Crippen LogP contribution in [-0.4, -0.2) is 16.1 Å². The molecule has 0 fully saturated rings. The number of rotatable bonds is 4. The number of ether oxygens (including phenoxy) is 1. The molecule has 0 amide bonds. The van der Waals surface area contributed by atoms with Gasteiger partial charge in [0, 0.05) is 11.6 Å². The Morgan fingerprint density at radius 3 is 2.54 bits per heavy atom. The van der Waals surface area contributed by atoms with Gasteiger partial charge in [-0.2, -0.15) is 22.0 Å². The first kappa shape index (κ1) is 17.6. The average Bonchev–Trinajstić information content (AvgIpc) is 2.97. The van der Waals surface area contributed by atoms with E-state index in [4.69, 9.17) is 9.52 Å². The van der Waals surface area contributed by atoms with E-state index in [0.717, 1.165) is 30.7 Å². The highest BCUT2D eigenvalue weighted by molar-refractivity contribution is 6.02. The van der Waals surface area contributed by atoms with Crippen molar-refractivity contribution in [2.75, 3.05) is 0 Å². The maximum Gasteiger partial charge on any atom is 0.433 e. The Labute approximate surface area is 141 Å². The van der Waals surface area contributed by atoms with Crippen molar-refractivity contribution in [2.45, 2.75) is 12.3 Å². The van der Waals surface area contributed by atoms with Gasteiger partial charge in [-0.05, 0) is 30.3 Å². The predicted octanol–water partition coefficient (Wildman–Crippen LogP) is 4.67. The molecule has 0 aliphatic carbocycles. The van der Waals surface area contributed by atoms with Gasteiger partial charge in [-0.1, -0.05) is 0 Å². The van der Waals surface area contributed by atoms with Crippen molar-refractivity contribution in [1.82, 2.24) is 4.98 Å². The molecule has 136 valence electrons. The number of carboxylic acid groups (broad SMARTS) is 1. The van der Waals surface area contributed by atoms with Gasteiger partial charge >= 0.3 is 18.3 Å². The monoisotopic (exact) mass is 373 g/mol. The molecule has 3 aromatic rings. The molecule has 0 aliphatic rings. The van der Waals surface area contributed by atoms with E-state index in [1.165, 1.54) is 6.07 Å². The van der Waals surface area contributed by atoms with Crippen molar-refractivity contribution in [2.24, 2.45) is 0 Å². The lowest BCUT2D eigenvalue weighted by Gasteiger charge is -2.21. The standard InChI is InChI=1S/C16H8F5NO4/c17-15(18,19)13-11(2-1-5-22-13)16(20,21)26-8-3-4-12-9(6-8)10(7-25-12)14(23)24/h1-7H,(H,23,24). The summed E-state index contributed by atoms with van der Waals surface area (Å²) in [6.45, 7) is 0. The van der Waals surface area contributed by atoms with Crippen molar-refractivity contribution in [3.63, 3.8) is 0 Å². The van der Waals surface area contributed by atoms with Gasteiger partial charge in [0.2, 0.25) is 0 Å². The number of aromatic carboxylic acids is 1. The van der Waals surface area contributed by atoms with Gasteiger partial charge < -0.3 is 14.3 Å². The summed E-state index contributed by atoms with van der Waals surface area (Å²) in [7, 11) is 0. The third kappa shape index (κ3) is 3.17. The van der Waals surface area contributed by atoms with Gasteiger partial charge in [-0.3, -0.25) is 4.98 Å². The smallest absolute Gasteiger partial charge is 0.433 e. The van der Waals surface area contributed by atoms with E-state index in [2.05, 4.69) is 9.72 Å². The molecule has 3 rings (SSSR count). The van der Waals surface area contributed by atoms with E-state index >= 15 is 0 Å². The van der Waals surface area contributed by atoms with Gasteiger partial charge in [0.05, 0.1) is 5.56 Å². The van der Waals surface area contributed by atoms with Crippen LogP contribution in [0.2, 0.25) is 0 Å². The number of hydrogen-bond donors (Lipinski definition) is 1. The van der Waals surface area contributed by atoms with Crippen molar-refractivity contribution >= 4 is 16.9 Å². The third-order valence-electron chi connectivity index (χ3n) is 3.41. The summed E-state index contributed by atoms with van der Waals surface area (Å²) in [6, 6.07) is 4.61. The summed E-state index contributed by atoms with van der Waals surface area (Å²) in [4.78, 5) is 14.0. The molecule has 0 unspecified atom stereocenters. The van der Waals surface area contributed by atoms with Crippen LogP contribution in [0.25, 0.3) is 11.0 Å². The summed E-state index contributed by atoms with van der Waals surface area (Å²) in [5.41, 5.74) is -3.44. The van der Waals surface area contributed by atoms with Crippen LogP contribution in [0.3, 0.4) is 0 Å². The minimum absolute atomic E-state index is 0.0342. The maximum absolute atomic E-state index is 14.3. The van der Waals surface area contributed by atoms with E-state index in [0.29, 0.717) is 6.07 Å². The molecule has 0 saturated carbocycles. The number of alkyl halides is 5. The zero-order chi connectivity index (χ0) is 19.1. The quantitative estimate of drug-likeness (QED) is 0.673. The molecule has 2 heterocycles. The van der Waals surface area contributed by atoms with Crippen molar-refractivity contribution in [3.05, 3.63) is 59.6 Å². The molecule has 0 saturated heterocycles. The molecular formula is C16H8F5NO4. The minimum atomic E-state index is -5.10. The second-order valence-electron chi connectivity index (χ2n) is 5.13. The lowest BCUT2D eigenvalue weighted by atomic mass is 10.1. The Bertz CT molecular complexity index is 980. The number of furan rings is 1. The second-order valence-corrected chi connectivity index (χ2v) is 5.13. The summed E-state index contributed by atoms with van der Waals surface area (Å²) < 4.78 is 76.7. The van der Waals surface area contributed by atoms with Gasteiger partial charge in [0.15, 0.2) is 5.69 Å². The van der Waals surface area contributed by atoms with E-state index < -0.39 is 35.3 Å². The Kier molecular flexibility index (Phi) is 4.05. The number of aromatic nitrogens is 1. The average molecular weight is 373 g/mol. The van der Waals surface area contributed by atoms with Crippen LogP contribution in [0, 0.1) is 0 Å². The fourth-order valence-corrected chi connectivity index (χ4v) is 2.31. The van der Waals surface area contributed by atoms with Crippen LogP contribution < -0.4 is 4.74 Å². The van der Waals surface area contributed by atoms with E-state index in [9.17, 15) is 26.7 Å². The SMILES string of the molecule is O=C(O)c1coc2ccc(OC(F)(F)c3cccnc3C(F)(F)F)cc12. The molecular weight excluding hydrogens is 365 g/mol. The van der Waals surface area contributed by atoms with Crippen LogP contribution in [0.5, 0.6) is 5.75 Å². The molecule has 5 nitrogen and oxygen atoms in total. The number of halogens is 5. The number of carboxylic acids is 1. The summed E-state index contributed by atoms with van der Waals surface area (Å²) in [5, 5.41) is 8.98. The third-order valence-corrected chi connectivity index (χ3v) is 3.41. The summed E-state index contributed by atoms with van der Waals surface area (Å²) in [6.07, 6.45) is -7.81. The fourth-order valence-electron chi connectivity index (χ4n) is 2.31. The highest BCUT2D eigenvalue weighted by atomic mass is 19.4. The number of carbonyl (C=O) groups is 1. The van der Waals surface area contributed by atoms with Gasteiger partial charge in [-0.15, -0.1) is 0 Å². The molecule has 0 radical (unpaired) electrons. The van der Waals surface area contributed by atoms with Crippen LogP contribution in [-0.2, 0) is 12.3 Å². The number of nitrogens with zero attached hydrogens (tertiary/aromatic N) is 1. The van der Waals surface area contributed by atoms with Crippen LogP contribution in [0.15, 0.2) is 47.2 Å². The molecule has 26 heavy (non-hydrogen) atoms. The molecule has 0 atom stereocenters. The van der Waals surface area contributed by atoms with Crippen molar-refractivity contribution in [3.8, 4) is 5.75 Å².